The number of hydrogen-bond donors (Lipinski definition) is 2. The average Bonchev–Trinajstić information content (AvgIpc) is 3.62. The van der Waals surface area contributed by atoms with E-state index in [9.17, 15) is 10.4 Å². The van der Waals surface area contributed by atoms with Crippen molar-refractivity contribution >= 4 is 23.3 Å². The lowest BCUT2D eigenvalue weighted by molar-refractivity contribution is 0.178. The highest BCUT2D eigenvalue weighted by molar-refractivity contribution is 7.97. The van der Waals surface area contributed by atoms with Gasteiger partial charge in [0.05, 0.1) is 22.6 Å². The molecule has 2 unspecified atom stereocenters. The third-order valence-corrected chi connectivity index (χ3v) is 8.65. The fourth-order valence-electron chi connectivity index (χ4n) is 5.00. The number of likely N-dealkylation sites (tertiary alicyclic amines) is 1. The van der Waals surface area contributed by atoms with Crippen LogP contribution >= 0.6 is 23.3 Å². The van der Waals surface area contributed by atoms with E-state index in [2.05, 4.69) is 33.9 Å². The van der Waals surface area contributed by atoms with Gasteiger partial charge in [-0.15, -0.1) is 11.3 Å². The summed E-state index contributed by atoms with van der Waals surface area (Å²) >= 11 is 3.46. The lowest BCUT2D eigenvalue weighted by Gasteiger charge is -2.17. The molecule has 2 N–H and O–H groups in total. The Balaban J connectivity index is 1.27. The molecule has 1 saturated heterocycles. The fraction of sp³-hybridized carbons (Fsp3) is 0.429. The van der Waals surface area contributed by atoms with Crippen LogP contribution in [0.15, 0.2) is 42.6 Å². The van der Waals surface area contributed by atoms with Crippen LogP contribution in [0.1, 0.15) is 49.4 Å². The van der Waals surface area contributed by atoms with E-state index < -0.39 is 0 Å². The van der Waals surface area contributed by atoms with Crippen molar-refractivity contribution in [2.24, 2.45) is 0 Å². The SMILES string of the molecule is CC(C)Oc1ccc(-c2ncc(-c3cccc4c3CCC4NSCCN3CCC(O)C3)s2)cc1C#N. The molecule has 0 amide bonds. The Kier molecular flexibility index (Phi) is 7.94. The van der Waals surface area contributed by atoms with Crippen molar-refractivity contribution in [3.63, 3.8) is 0 Å². The molecular weight excluding hydrogens is 488 g/mol. The second kappa shape index (κ2) is 11.3. The highest BCUT2D eigenvalue weighted by Gasteiger charge is 2.26. The minimum Gasteiger partial charge on any atom is -0.490 e. The zero-order valence-corrected chi connectivity index (χ0v) is 22.4. The summed E-state index contributed by atoms with van der Waals surface area (Å²) in [6, 6.07) is 14.9. The van der Waals surface area contributed by atoms with Crippen molar-refractivity contribution in [3.05, 3.63) is 59.3 Å². The minimum atomic E-state index is -0.151. The summed E-state index contributed by atoms with van der Waals surface area (Å²) in [6.07, 6.45) is 4.87. The van der Waals surface area contributed by atoms with Crippen LogP contribution in [0.3, 0.4) is 0 Å². The van der Waals surface area contributed by atoms with Crippen molar-refractivity contribution in [3.8, 4) is 32.8 Å². The van der Waals surface area contributed by atoms with Crippen LogP contribution in [0, 0.1) is 11.3 Å². The number of hydrogen-bond acceptors (Lipinski definition) is 8. The maximum atomic E-state index is 9.70. The Hall–Kier alpha value is -2.41. The maximum absolute atomic E-state index is 9.70. The van der Waals surface area contributed by atoms with Crippen molar-refractivity contribution in [2.75, 3.05) is 25.4 Å². The molecule has 0 spiro atoms. The molecule has 0 saturated carbocycles. The normalized spacial score (nSPS) is 19.5. The molecule has 1 aliphatic carbocycles. The Morgan fingerprint density at radius 2 is 2.19 bits per heavy atom. The monoisotopic (exact) mass is 520 g/mol. The predicted octanol–water partition coefficient (Wildman–Crippen LogP) is 5.43. The van der Waals surface area contributed by atoms with Gasteiger partial charge in [0.15, 0.2) is 0 Å². The molecule has 5 rings (SSSR count). The van der Waals surface area contributed by atoms with E-state index in [1.165, 1.54) is 16.7 Å². The molecule has 1 aliphatic heterocycles. The maximum Gasteiger partial charge on any atom is 0.137 e. The van der Waals surface area contributed by atoms with Crippen LogP contribution < -0.4 is 9.46 Å². The van der Waals surface area contributed by atoms with Crippen molar-refractivity contribution < 1.29 is 9.84 Å². The number of aromatic nitrogens is 1. The van der Waals surface area contributed by atoms with Crippen LogP contribution in [-0.2, 0) is 6.42 Å². The number of nitrogens with one attached hydrogen (secondary N) is 1. The Labute approximate surface area is 221 Å². The summed E-state index contributed by atoms with van der Waals surface area (Å²) in [5.41, 5.74) is 5.52. The second-order valence-electron chi connectivity index (χ2n) is 9.69. The third-order valence-electron chi connectivity index (χ3n) is 6.73. The van der Waals surface area contributed by atoms with Crippen molar-refractivity contribution in [2.45, 2.75) is 51.4 Å². The number of rotatable bonds is 9. The van der Waals surface area contributed by atoms with E-state index in [0.717, 1.165) is 60.1 Å². The lowest BCUT2D eigenvalue weighted by Crippen LogP contribution is -2.25. The number of β-amino-alcohol motifs (C(OH)–C–C–N with tert-alkyl or cyclic N) is 1. The van der Waals surface area contributed by atoms with Crippen molar-refractivity contribution in [1.29, 1.82) is 5.26 Å². The zero-order chi connectivity index (χ0) is 25.1. The highest BCUT2D eigenvalue weighted by Crippen LogP contribution is 2.41. The smallest absolute Gasteiger partial charge is 0.137 e. The molecule has 0 radical (unpaired) electrons. The number of ether oxygens (including phenoxy) is 1. The molecule has 2 aliphatic rings. The molecule has 2 aromatic carbocycles. The average molecular weight is 521 g/mol. The Bertz CT molecular complexity index is 1250. The van der Waals surface area contributed by atoms with Gasteiger partial charge in [0.25, 0.3) is 0 Å². The molecule has 3 aromatic rings. The van der Waals surface area contributed by atoms with E-state index in [1.54, 1.807) is 23.3 Å². The van der Waals surface area contributed by atoms with E-state index in [4.69, 9.17) is 9.72 Å². The number of aliphatic hydroxyl groups is 1. The molecule has 0 bridgehead atoms. The van der Waals surface area contributed by atoms with Crippen LogP contribution in [0.25, 0.3) is 21.0 Å². The van der Waals surface area contributed by atoms with E-state index >= 15 is 0 Å². The molecular formula is C28H32N4O2S2. The first-order chi connectivity index (χ1) is 17.5. The van der Waals surface area contributed by atoms with Gasteiger partial charge in [-0.3, -0.25) is 9.62 Å². The minimum absolute atomic E-state index is 0.0189. The van der Waals surface area contributed by atoms with Gasteiger partial charge in [0, 0.05) is 43.2 Å². The molecule has 2 atom stereocenters. The summed E-state index contributed by atoms with van der Waals surface area (Å²) in [6.45, 7) is 6.73. The van der Waals surface area contributed by atoms with E-state index in [1.807, 2.05) is 38.2 Å². The van der Waals surface area contributed by atoms with Crippen LogP contribution in [0.4, 0.5) is 0 Å². The summed E-state index contributed by atoms with van der Waals surface area (Å²) in [7, 11) is 0. The van der Waals surface area contributed by atoms with E-state index in [0.29, 0.717) is 17.4 Å². The van der Waals surface area contributed by atoms with Gasteiger partial charge in [-0.05, 0) is 68.0 Å². The van der Waals surface area contributed by atoms with Gasteiger partial charge >= 0.3 is 0 Å². The molecule has 2 heterocycles. The Morgan fingerprint density at radius 1 is 1.31 bits per heavy atom. The van der Waals surface area contributed by atoms with Crippen molar-refractivity contribution in [1.82, 2.24) is 14.6 Å². The summed E-state index contributed by atoms with van der Waals surface area (Å²) in [4.78, 5) is 8.20. The van der Waals surface area contributed by atoms with Gasteiger partial charge < -0.3 is 9.84 Å². The molecule has 6 nitrogen and oxygen atoms in total. The quantitative estimate of drug-likeness (QED) is 0.288. The standard InChI is InChI=1S/C28H32N4O2S2/c1-18(2)34-26-9-6-19(14-20(26)15-29)28-30-16-27(36-28)24-5-3-4-23-22(24)7-8-25(23)31-35-13-12-32-11-10-21(33)17-32/h3-6,9,14,16,18,21,25,31,33H,7-8,10-13,17H2,1-2H3. The second-order valence-corrected chi connectivity index (χ2v) is 11.7. The number of aliphatic hydroxyl groups excluding tert-OH is 1. The lowest BCUT2D eigenvalue weighted by atomic mass is 10.0. The Morgan fingerprint density at radius 3 is 2.97 bits per heavy atom. The molecule has 188 valence electrons. The number of nitriles is 1. The van der Waals surface area contributed by atoms with Crippen LogP contribution in [-0.4, -0.2) is 52.6 Å². The topological polar surface area (TPSA) is 81.4 Å². The first-order valence-corrected chi connectivity index (χ1v) is 14.4. The third kappa shape index (κ3) is 5.61. The number of fused-ring (bicyclic) bond motifs is 1. The highest BCUT2D eigenvalue weighted by atomic mass is 32.2. The summed E-state index contributed by atoms with van der Waals surface area (Å²) in [5.74, 6) is 1.63. The van der Waals surface area contributed by atoms with Crippen LogP contribution in [0.2, 0.25) is 0 Å². The first kappa shape index (κ1) is 25.2. The number of thiazole rings is 1. The molecule has 1 aromatic heterocycles. The summed E-state index contributed by atoms with van der Waals surface area (Å²) < 4.78 is 9.45. The largest absolute Gasteiger partial charge is 0.490 e. The number of nitrogens with zero attached hydrogens (tertiary/aromatic N) is 3. The molecule has 1 fully saturated rings. The van der Waals surface area contributed by atoms with Gasteiger partial charge in [-0.1, -0.05) is 30.1 Å². The molecule has 36 heavy (non-hydrogen) atoms. The zero-order valence-electron chi connectivity index (χ0n) is 20.7. The first-order valence-electron chi connectivity index (χ1n) is 12.6. The predicted molar refractivity (Wildman–Crippen MR) is 147 cm³/mol. The fourth-order valence-corrected chi connectivity index (χ4v) is 6.87. The van der Waals surface area contributed by atoms with Gasteiger partial charge in [0.1, 0.15) is 16.8 Å². The van der Waals surface area contributed by atoms with Crippen LogP contribution in [0.5, 0.6) is 5.75 Å². The van der Waals surface area contributed by atoms with E-state index in [-0.39, 0.29) is 12.2 Å². The molecule has 8 heteroatoms. The number of benzene rings is 2. The van der Waals surface area contributed by atoms with Gasteiger partial charge in [0.2, 0.25) is 0 Å². The van der Waals surface area contributed by atoms with Gasteiger partial charge in [-0.25, -0.2) is 4.98 Å². The summed E-state index contributed by atoms with van der Waals surface area (Å²) in [5, 5.41) is 20.2. The van der Waals surface area contributed by atoms with Gasteiger partial charge in [-0.2, -0.15) is 5.26 Å².